The lowest BCUT2D eigenvalue weighted by Gasteiger charge is -2.19. The molecule has 0 aliphatic rings. The van der Waals surface area contributed by atoms with Crippen LogP contribution in [0, 0.1) is 5.92 Å². The molecule has 0 aromatic carbocycles. The van der Waals surface area contributed by atoms with Crippen LogP contribution in [-0.4, -0.2) is 39.5 Å². The Balaban J connectivity index is 2.21. The van der Waals surface area contributed by atoms with Crippen molar-refractivity contribution in [1.29, 1.82) is 0 Å². The van der Waals surface area contributed by atoms with Crippen molar-refractivity contribution < 1.29 is 4.79 Å². The minimum absolute atomic E-state index is 0.0401. The zero-order valence-corrected chi connectivity index (χ0v) is 13.9. The minimum atomic E-state index is 0.0401. The first kappa shape index (κ1) is 17.6. The zero-order valence-electron chi connectivity index (χ0n) is 13.9. The Hall–Kier alpha value is -1.43. The molecule has 0 unspecified atom stereocenters. The monoisotopic (exact) mass is 295 g/mol. The lowest BCUT2D eigenvalue weighted by Crippen LogP contribution is -2.37. The number of carbonyl (C=O) groups is 1. The summed E-state index contributed by atoms with van der Waals surface area (Å²) in [6, 6.07) is 0. The van der Waals surface area contributed by atoms with Crippen LogP contribution in [0.4, 0.5) is 0 Å². The Morgan fingerprint density at radius 1 is 1.33 bits per heavy atom. The van der Waals surface area contributed by atoms with Gasteiger partial charge in [-0.25, -0.2) is 0 Å². The number of aryl methyl sites for hydroxylation is 1. The van der Waals surface area contributed by atoms with E-state index in [0.717, 1.165) is 31.6 Å². The van der Waals surface area contributed by atoms with E-state index in [0.29, 0.717) is 6.54 Å². The lowest BCUT2D eigenvalue weighted by molar-refractivity contribution is -0.123. The average Bonchev–Trinajstić information content (AvgIpc) is 2.80. The fraction of sp³-hybridized carbons (Fsp3) is 0.800. The molecule has 1 aromatic rings. The molecule has 0 saturated carbocycles. The van der Waals surface area contributed by atoms with Gasteiger partial charge >= 0.3 is 0 Å². The summed E-state index contributed by atoms with van der Waals surface area (Å²) in [5.74, 6) is 0.140. The van der Waals surface area contributed by atoms with E-state index in [1.54, 1.807) is 0 Å². The van der Waals surface area contributed by atoms with Crippen LogP contribution in [-0.2, 0) is 17.8 Å². The van der Waals surface area contributed by atoms with Gasteiger partial charge in [0.1, 0.15) is 0 Å². The molecule has 6 heteroatoms. The summed E-state index contributed by atoms with van der Waals surface area (Å²) in [7, 11) is 0. The number of nitrogens with one attached hydrogen (secondary N) is 2. The van der Waals surface area contributed by atoms with Crippen LogP contribution in [0.25, 0.3) is 0 Å². The molecule has 0 aliphatic carbocycles. The molecule has 0 bridgehead atoms. The van der Waals surface area contributed by atoms with E-state index in [-0.39, 0.29) is 17.4 Å². The summed E-state index contributed by atoms with van der Waals surface area (Å²) < 4.78 is 1.84. The molecule has 0 aliphatic heterocycles. The lowest BCUT2D eigenvalue weighted by atomic mass is 10.1. The molecule has 0 saturated heterocycles. The third-order valence-corrected chi connectivity index (χ3v) is 3.01. The summed E-state index contributed by atoms with van der Waals surface area (Å²) in [4.78, 5) is 11.4. The van der Waals surface area contributed by atoms with Gasteiger partial charge in [0.25, 0.3) is 0 Å². The van der Waals surface area contributed by atoms with E-state index in [2.05, 4.69) is 41.7 Å². The molecule has 1 amide bonds. The van der Waals surface area contributed by atoms with E-state index < -0.39 is 0 Å². The van der Waals surface area contributed by atoms with Crippen molar-refractivity contribution in [3.05, 3.63) is 11.9 Å². The SMILES string of the molecule is CC(C)C(=O)NCCCn1cc(CCNC(C)(C)C)nn1. The Kier molecular flexibility index (Phi) is 6.81. The van der Waals surface area contributed by atoms with E-state index in [1.807, 2.05) is 24.7 Å². The fourth-order valence-electron chi connectivity index (χ4n) is 1.78. The van der Waals surface area contributed by atoms with E-state index in [9.17, 15) is 4.79 Å². The third kappa shape index (κ3) is 7.80. The molecule has 0 atom stereocenters. The highest BCUT2D eigenvalue weighted by Crippen LogP contribution is 2.00. The number of hydrogen-bond donors (Lipinski definition) is 2. The number of nitrogens with zero attached hydrogens (tertiary/aromatic N) is 3. The van der Waals surface area contributed by atoms with Crippen LogP contribution in [0.2, 0.25) is 0 Å². The highest BCUT2D eigenvalue weighted by Gasteiger charge is 2.09. The van der Waals surface area contributed by atoms with Crippen LogP contribution in [0.3, 0.4) is 0 Å². The number of rotatable bonds is 8. The van der Waals surface area contributed by atoms with Crippen LogP contribution in [0.5, 0.6) is 0 Å². The Bertz CT molecular complexity index is 434. The third-order valence-electron chi connectivity index (χ3n) is 3.01. The van der Waals surface area contributed by atoms with Crippen molar-refractivity contribution in [1.82, 2.24) is 25.6 Å². The first-order valence-electron chi connectivity index (χ1n) is 7.69. The van der Waals surface area contributed by atoms with E-state index in [1.165, 1.54) is 0 Å². The zero-order chi connectivity index (χ0) is 15.9. The highest BCUT2D eigenvalue weighted by atomic mass is 16.1. The molecule has 0 fully saturated rings. The predicted octanol–water partition coefficient (Wildman–Crippen LogP) is 1.37. The standard InChI is InChI=1S/C15H29N5O/c1-12(2)14(21)16-8-6-10-20-11-13(18-19-20)7-9-17-15(3,4)5/h11-12,17H,6-10H2,1-5H3,(H,16,21). The predicted molar refractivity (Wildman–Crippen MR) is 83.9 cm³/mol. The van der Waals surface area contributed by atoms with Crippen molar-refractivity contribution in [2.45, 2.75) is 59.5 Å². The number of aromatic nitrogens is 3. The maximum atomic E-state index is 11.4. The second-order valence-corrected chi connectivity index (χ2v) is 6.70. The summed E-state index contributed by atoms with van der Waals surface area (Å²) in [5, 5.41) is 14.6. The van der Waals surface area contributed by atoms with Crippen molar-refractivity contribution in [2.75, 3.05) is 13.1 Å². The maximum Gasteiger partial charge on any atom is 0.222 e. The molecule has 120 valence electrons. The first-order chi connectivity index (χ1) is 9.78. The summed E-state index contributed by atoms with van der Waals surface area (Å²) in [6.07, 6.45) is 3.72. The molecular formula is C15H29N5O. The first-order valence-corrected chi connectivity index (χ1v) is 7.69. The second kappa shape index (κ2) is 8.12. The molecule has 2 N–H and O–H groups in total. The van der Waals surface area contributed by atoms with Gasteiger partial charge in [-0.15, -0.1) is 5.10 Å². The Morgan fingerprint density at radius 3 is 2.67 bits per heavy atom. The quantitative estimate of drug-likeness (QED) is 0.711. The van der Waals surface area contributed by atoms with Gasteiger partial charge in [-0.3, -0.25) is 9.48 Å². The van der Waals surface area contributed by atoms with Crippen molar-refractivity contribution >= 4 is 5.91 Å². The molecular weight excluding hydrogens is 266 g/mol. The molecule has 6 nitrogen and oxygen atoms in total. The normalized spacial score (nSPS) is 11.9. The summed E-state index contributed by atoms with van der Waals surface area (Å²) in [6.45, 7) is 12.6. The minimum Gasteiger partial charge on any atom is -0.356 e. The molecule has 0 radical (unpaired) electrons. The van der Waals surface area contributed by atoms with Crippen molar-refractivity contribution in [3.8, 4) is 0 Å². The van der Waals surface area contributed by atoms with Gasteiger partial charge in [-0.1, -0.05) is 19.1 Å². The summed E-state index contributed by atoms with van der Waals surface area (Å²) in [5.41, 5.74) is 1.13. The van der Waals surface area contributed by atoms with Gasteiger partial charge in [-0.05, 0) is 27.2 Å². The highest BCUT2D eigenvalue weighted by molar-refractivity contribution is 5.77. The van der Waals surface area contributed by atoms with Crippen LogP contribution >= 0.6 is 0 Å². The van der Waals surface area contributed by atoms with Crippen molar-refractivity contribution in [3.63, 3.8) is 0 Å². The van der Waals surface area contributed by atoms with Crippen LogP contribution in [0.1, 0.15) is 46.7 Å². The van der Waals surface area contributed by atoms with Gasteiger partial charge in [0.2, 0.25) is 5.91 Å². The molecule has 1 rings (SSSR count). The number of carbonyl (C=O) groups excluding carboxylic acids is 1. The van der Waals surface area contributed by atoms with Crippen LogP contribution in [0.15, 0.2) is 6.20 Å². The van der Waals surface area contributed by atoms with Crippen molar-refractivity contribution in [2.24, 2.45) is 5.92 Å². The number of amides is 1. The van der Waals surface area contributed by atoms with Crippen LogP contribution < -0.4 is 10.6 Å². The Morgan fingerprint density at radius 2 is 2.05 bits per heavy atom. The fourth-order valence-corrected chi connectivity index (χ4v) is 1.78. The van der Waals surface area contributed by atoms with Gasteiger partial charge in [0.05, 0.1) is 5.69 Å². The molecule has 1 heterocycles. The topological polar surface area (TPSA) is 71.8 Å². The molecule has 21 heavy (non-hydrogen) atoms. The molecule has 0 spiro atoms. The number of hydrogen-bond acceptors (Lipinski definition) is 4. The molecule has 1 aromatic heterocycles. The van der Waals surface area contributed by atoms with Gasteiger partial charge < -0.3 is 10.6 Å². The van der Waals surface area contributed by atoms with Gasteiger partial charge in [0.15, 0.2) is 0 Å². The smallest absolute Gasteiger partial charge is 0.222 e. The van der Waals surface area contributed by atoms with Gasteiger partial charge in [0, 0.05) is 43.7 Å². The second-order valence-electron chi connectivity index (χ2n) is 6.70. The summed E-state index contributed by atoms with van der Waals surface area (Å²) >= 11 is 0. The maximum absolute atomic E-state index is 11.4. The average molecular weight is 295 g/mol. The van der Waals surface area contributed by atoms with E-state index in [4.69, 9.17) is 0 Å². The largest absolute Gasteiger partial charge is 0.356 e. The van der Waals surface area contributed by atoms with E-state index >= 15 is 0 Å². The Labute approximate surface area is 127 Å². The van der Waals surface area contributed by atoms with Gasteiger partial charge in [-0.2, -0.15) is 0 Å².